The Morgan fingerprint density at radius 3 is 2.53 bits per heavy atom. The third-order valence-corrected chi connectivity index (χ3v) is 4.06. The van der Waals surface area contributed by atoms with Gasteiger partial charge in [0.25, 0.3) is 0 Å². The largest absolute Gasteiger partial charge is 0.394 e. The quantitative estimate of drug-likeness (QED) is 0.754. The first kappa shape index (κ1) is 14.0. The summed E-state index contributed by atoms with van der Waals surface area (Å²) >= 11 is 1.73. The molecule has 1 aromatic carbocycles. The van der Waals surface area contributed by atoms with Crippen LogP contribution >= 0.6 is 11.3 Å². The first-order chi connectivity index (χ1) is 9.35. The van der Waals surface area contributed by atoms with Gasteiger partial charge in [-0.1, -0.05) is 42.5 Å². The van der Waals surface area contributed by atoms with E-state index in [1.165, 1.54) is 4.88 Å². The highest BCUT2D eigenvalue weighted by molar-refractivity contribution is 7.10. The SMILES string of the molecule is C=CC[C@@H](N[C@@H](CO)c1ccccc1)c1cccs1. The maximum Gasteiger partial charge on any atom is 0.0626 e. The molecule has 0 aliphatic heterocycles. The Morgan fingerprint density at radius 1 is 1.16 bits per heavy atom. The molecule has 0 unspecified atom stereocenters. The number of aliphatic hydroxyl groups is 1. The van der Waals surface area contributed by atoms with E-state index in [4.69, 9.17) is 0 Å². The lowest BCUT2D eigenvalue weighted by Crippen LogP contribution is -2.28. The van der Waals surface area contributed by atoms with Crippen molar-refractivity contribution in [2.24, 2.45) is 0 Å². The molecular weight excluding hydrogens is 254 g/mol. The van der Waals surface area contributed by atoms with Gasteiger partial charge < -0.3 is 10.4 Å². The number of thiophene rings is 1. The van der Waals surface area contributed by atoms with Gasteiger partial charge >= 0.3 is 0 Å². The van der Waals surface area contributed by atoms with E-state index < -0.39 is 0 Å². The molecule has 2 rings (SSSR count). The fourth-order valence-corrected chi connectivity index (χ4v) is 2.91. The monoisotopic (exact) mass is 273 g/mol. The second kappa shape index (κ2) is 7.24. The number of aliphatic hydroxyl groups excluding tert-OH is 1. The van der Waals surface area contributed by atoms with Gasteiger partial charge in [-0.3, -0.25) is 0 Å². The molecule has 1 aromatic heterocycles. The Kier molecular flexibility index (Phi) is 5.33. The molecule has 0 radical (unpaired) electrons. The van der Waals surface area contributed by atoms with E-state index in [1.54, 1.807) is 11.3 Å². The molecule has 2 N–H and O–H groups in total. The zero-order chi connectivity index (χ0) is 13.5. The molecule has 0 aliphatic rings. The van der Waals surface area contributed by atoms with Crippen molar-refractivity contribution in [3.05, 3.63) is 70.9 Å². The number of hydrogen-bond acceptors (Lipinski definition) is 3. The van der Waals surface area contributed by atoms with Gasteiger partial charge in [-0.2, -0.15) is 0 Å². The van der Waals surface area contributed by atoms with Crippen LogP contribution in [0.5, 0.6) is 0 Å². The smallest absolute Gasteiger partial charge is 0.0626 e. The van der Waals surface area contributed by atoms with E-state index >= 15 is 0 Å². The Labute approximate surface area is 118 Å². The molecule has 0 saturated heterocycles. The number of nitrogens with one attached hydrogen (secondary N) is 1. The summed E-state index contributed by atoms with van der Waals surface area (Å²) in [5, 5.41) is 15.2. The van der Waals surface area contributed by atoms with Crippen LogP contribution in [0.3, 0.4) is 0 Å². The molecule has 3 heteroatoms. The highest BCUT2D eigenvalue weighted by atomic mass is 32.1. The zero-order valence-electron chi connectivity index (χ0n) is 10.8. The molecule has 0 bridgehead atoms. The molecule has 0 amide bonds. The van der Waals surface area contributed by atoms with Crippen LogP contribution in [0.1, 0.15) is 28.9 Å². The fraction of sp³-hybridized carbons (Fsp3) is 0.250. The maximum absolute atomic E-state index is 9.61. The van der Waals surface area contributed by atoms with Gasteiger partial charge in [-0.25, -0.2) is 0 Å². The molecule has 0 saturated carbocycles. The molecule has 1 heterocycles. The fourth-order valence-electron chi connectivity index (χ4n) is 2.11. The highest BCUT2D eigenvalue weighted by Gasteiger charge is 2.17. The first-order valence-corrected chi connectivity index (χ1v) is 7.29. The van der Waals surface area contributed by atoms with Crippen molar-refractivity contribution < 1.29 is 5.11 Å². The van der Waals surface area contributed by atoms with Crippen LogP contribution in [0.25, 0.3) is 0 Å². The van der Waals surface area contributed by atoms with Crippen LogP contribution in [0.2, 0.25) is 0 Å². The number of benzene rings is 1. The van der Waals surface area contributed by atoms with Crippen molar-refractivity contribution in [3.8, 4) is 0 Å². The van der Waals surface area contributed by atoms with Crippen LogP contribution in [-0.2, 0) is 0 Å². The number of hydrogen-bond donors (Lipinski definition) is 2. The minimum Gasteiger partial charge on any atom is -0.394 e. The van der Waals surface area contributed by atoms with Gasteiger partial charge in [0.15, 0.2) is 0 Å². The predicted molar refractivity (Wildman–Crippen MR) is 81.3 cm³/mol. The van der Waals surface area contributed by atoms with Gasteiger partial charge in [0.2, 0.25) is 0 Å². The van der Waals surface area contributed by atoms with Crippen LogP contribution in [0, 0.1) is 0 Å². The van der Waals surface area contributed by atoms with Crippen molar-refractivity contribution in [2.45, 2.75) is 18.5 Å². The highest BCUT2D eigenvalue weighted by Crippen LogP contribution is 2.26. The molecule has 0 fully saturated rings. The molecule has 2 nitrogen and oxygen atoms in total. The van der Waals surface area contributed by atoms with E-state index in [0.717, 1.165) is 12.0 Å². The van der Waals surface area contributed by atoms with E-state index in [0.29, 0.717) is 0 Å². The van der Waals surface area contributed by atoms with E-state index in [1.807, 2.05) is 42.5 Å². The summed E-state index contributed by atoms with van der Waals surface area (Å²) in [6, 6.07) is 14.4. The van der Waals surface area contributed by atoms with Crippen molar-refractivity contribution >= 4 is 11.3 Å². The van der Waals surface area contributed by atoms with Crippen molar-refractivity contribution in [1.82, 2.24) is 5.32 Å². The van der Waals surface area contributed by atoms with E-state index in [2.05, 4.69) is 23.3 Å². The van der Waals surface area contributed by atoms with Crippen LogP contribution < -0.4 is 5.32 Å². The van der Waals surface area contributed by atoms with Gasteiger partial charge in [0.05, 0.1) is 12.6 Å². The summed E-state index contributed by atoms with van der Waals surface area (Å²) < 4.78 is 0. The van der Waals surface area contributed by atoms with Gasteiger partial charge in [-0.15, -0.1) is 17.9 Å². The molecule has 0 aliphatic carbocycles. The second-order valence-corrected chi connectivity index (χ2v) is 5.38. The summed E-state index contributed by atoms with van der Waals surface area (Å²) in [7, 11) is 0. The summed E-state index contributed by atoms with van der Waals surface area (Å²) in [6.07, 6.45) is 2.76. The lowest BCUT2D eigenvalue weighted by atomic mass is 10.0. The predicted octanol–water partition coefficient (Wildman–Crippen LogP) is 3.69. The molecule has 2 aromatic rings. The van der Waals surface area contributed by atoms with Crippen molar-refractivity contribution in [3.63, 3.8) is 0 Å². The maximum atomic E-state index is 9.61. The average Bonchev–Trinajstić information content (AvgIpc) is 2.98. The van der Waals surface area contributed by atoms with Gasteiger partial charge in [0.1, 0.15) is 0 Å². The minimum absolute atomic E-state index is 0.0479. The molecule has 0 spiro atoms. The van der Waals surface area contributed by atoms with Crippen LogP contribution in [-0.4, -0.2) is 11.7 Å². The lowest BCUT2D eigenvalue weighted by Gasteiger charge is -2.23. The molecule has 2 atom stereocenters. The van der Waals surface area contributed by atoms with Crippen LogP contribution in [0.4, 0.5) is 0 Å². The normalized spacial score (nSPS) is 13.9. The Morgan fingerprint density at radius 2 is 1.95 bits per heavy atom. The van der Waals surface area contributed by atoms with Crippen molar-refractivity contribution in [2.75, 3.05) is 6.61 Å². The van der Waals surface area contributed by atoms with Gasteiger partial charge in [0, 0.05) is 10.9 Å². The second-order valence-electron chi connectivity index (χ2n) is 4.40. The number of rotatable bonds is 7. The molecule has 19 heavy (non-hydrogen) atoms. The Bertz CT molecular complexity index is 481. The summed E-state index contributed by atoms with van der Waals surface area (Å²) in [6.45, 7) is 3.90. The van der Waals surface area contributed by atoms with Gasteiger partial charge in [-0.05, 0) is 23.4 Å². The van der Waals surface area contributed by atoms with Crippen LogP contribution in [0.15, 0.2) is 60.5 Å². The lowest BCUT2D eigenvalue weighted by molar-refractivity contribution is 0.233. The molecule has 100 valence electrons. The topological polar surface area (TPSA) is 32.3 Å². The molecular formula is C16H19NOS. The summed E-state index contributed by atoms with van der Waals surface area (Å²) in [5.74, 6) is 0. The standard InChI is InChI=1S/C16H19NOS/c1-2-7-14(16-10-6-11-19-16)17-15(12-18)13-8-4-3-5-9-13/h2-6,8-11,14-15,17-18H,1,7,12H2/t14-,15+/m1/s1. The van der Waals surface area contributed by atoms with E-state index in [-0.39, 0.29) is 18.7 Å². The summed E-state index contributed by atoms with van der Waals surface area (Å²) in [4.78, 5) is 1.27. The third kappa shape index (κ3) is 3.77. The average molecular weight is 273 g/mol. The zero-order valence-corrected chi connectivity index (χ0v) is 11.6. The summed E-state index contributed by atoms with van der Waals surface area (Å²) in [5.41, 5.74) is 1.11. The van der Waals surface area contributed by atoms with Crippen molar-refractivity contribution in [1.29, 1.82) is 0 Å². The third-order valence-electron chi connectivity index (χ3n) is 3.08. The Hall–Kier alpha value is -1.42. The first-order valence-electron chi connectivity index (χ1n) is 6.41. The Balaban J connectivity index is 2.13. The van der Waals surface area contributed by atoms with E-state index in [9.17, 15) is 5.11 Å². The minimum atomic E-state index is -0.0479.